The number of unbranched alkanes of at least 4 members (excludes halogenated alkanes) is 1. The quantitative estimate of drug-likeness (QED) is 0.194. The zero-order valence-electron chi connectivity index (χ0n) is 12.4. The Bertz CT molecular complexity index is 263. The number of nitrogens with two attached hydrogens (primary N) is 1. The summed E-state index contributed by atoms with van der Waals surface area (Å²) in [5.41, 5.74) is 5.41. The van der Waals surface area contributed by atoms with Gasteiger partial charge in [0, 0.05) is 18.1 Å². The zero-order chi connectivity index (χ0) is 14.2. The Morgan fingerprint density at radius 3 is 2.39 bits per heavy atom. The van der Waals surface area contributed by atoms with Gasteiger partial charge in [-0.3, -0.25) is 0 Å². The molecule has 0 aliphatic rings. The Balaban J connectivity index is 3.81. The third kappa shape index (κ3) is 6.81. The maximum absolute atomic E-state index is 8.68. The molecule has 0 bridgehead atoms. The lowest BCUT2D eigenvalue weighted by Gasteiger charge is -2.26. The van der Waals surface area contributed by atoms with Crippen molar-refractivity contribution in [3.05, 3.63) is 0 Å². The van der Waals surface area contributed by atoms with Crippen LogP contribution in [-0.4, -0.2) is 36.8 Å². The molecule has 0 aliphatic heterocycles. The van der Waals surface area contributed by atoms with Crippen LogP contribution in [0.2, 0.25) is 0 Å². The molecule has 0 heterocycles. The molecule has 0 saturated heterocycles. The zero-order valence-corrected chi connectivity index (χ0v) is 12.4. The molecular formula is C13H29N3O2. The highest BCUT2D eigenvalue weighted by Gasteiger charge is 2.23. The van der Waals surface area contributed by atoms with E-state index in [1.54, 1.807) is 7.11 Å². The average Bonchev–Trinajstić information content (AvgIpc) is 2.27. The number of hydrogen-bond acceptors (Lipinski definition) is 4. The summed E-state index contributed by atoms with van der Waals surface area (Å²) in [4.78, 5) is 0. The van der Waals surface area contributed by atoms with Crippen LogP contribution >= 0.6 is 0 Å². The van der Waals surface area contributed by atoms with Crippen molar-refractivity contribution in [1.82, 2.24) is 5.32 Å². The molecule has 0 aliphatic carbocycles. The monoisotopic (exact) mass is 259 g/mol. The fourth-order valence-corrected chi connectivity index (χ4v) is 1.79. The normalized spacial score (nSPS) is 13.9. The molecular weight excluding hydrogens is 230 g/mol. The van der Waals surface area contributed by atoms with Crippen LogP contribution in [0.3, 0.4) is 0 Å². The molecule has 0 atom stereocenters. The number of methoxy groups -OCH3 is 1. The van der Waals surface area contributed by atoms with Crippen LogP contribution in [0.4, 0.5) is 0 Å². The van der Waals surface area contributed by atoms with Gasteiger partial charge in [0.25, 0.3) is 0 Å². The Morgan fingerprint density at radius 1 is 1.28 bits per heavy atom. The summed E-state index contributed by atoms with van der Waals surface area (Å²) < 4.78 is 5.14. The second kappa shape index (κ2) is 7.59. The van der Waals surface area contributed by atoms with E-state index in [4.69, 9.17) is 15.7 Å². The van der Waals surface area contributed by atoms with Gasteiger partial charge in [-0.1, -0.05) is 25.4 Å². The van der Waals surface area contributed by atoms with Gasteiger partial charge in [0.15, 0.2) is 0 Å². The van der Waals surface area contributed by atoms with Crippen LogP contribution in [-0.2, 0) is 4.74 Å². The molecule has 0 amide bonds. The van der Waals surface area contributed by atoms with E-state index in [0.29, 0.717) is 12.4 Å². The summed E-state index contributed by atoms with van der Waals surface area (Å²) in [7, 11) is 1.71. The van der Waals surface area contributed by atoms with Crippen molar-refractivity contribution in [2.75, 3.05) is 20.3 Å². The summed E-state index contributed by atoms with van der Waals surface area (Å²) >= 11 is 0. The highest BCUT2D eigenvalue weighted by atomic mass is 16.5. The van der Waals surface area contributed by atoms with E-state index in [1.807, 2.05) is 13.8 Å². The standard InChI is InChI=1S/C13H29N3O2/c1-12(2,11(14)16-17)8-6-7-9-15-13(3,4)10-18-5/h15,17H,6-10H2,1-5H3,(H2,14,16). The Hall–Kier alpha value is -0.810. The summed E-state index contributed by atoms with van der Waals surface area (Å²) in [6.45, 7) is 9.87. The van der Waals surface area contributed by atoms with Crippen LogP contribution in [0, 0.1) is 5.41 Å². The van der Waals surface area contributed by atoms with Gasteiger partial charge in [0.1, 0.15) is 5.84 Å². The number of nitrogens with one attached hydrogen (secondary N) is 1. The molecule has 18 heavy (non-hydrogen) atoms. The summed E-state index contributed by atoms with van der Waals surface area (Å²) in [6.07, 6.45) is 3.02. The van der Waals surface area contributed by atoms with Crippen molar-refractivity contribution < 1.29 is 9.94 Å². The molecule has 4 N–H and O–H groups in total. The van der Waals surface area contributed by atoms with E-state index in [1.165, 1.54) is 0 Å². The summed E-state index contributed by atoms with van der Waals surface area (Å²) in [5, 5.41) is 15.2. The fraction of sp³-hybridized carbons (Fsp3) is 0.923. The van der Waals surface area contributed by atoms with Crippen LogP contribution in [0.1, 0.15) is 47.0 Å². The maximum Gasteiger partial charge on any atom is 0.144 e. The molecule has 108 valence electrons. The van der Waals surface area contributed by atoms with E-state index in [-0.39, 0.29) is 11.0 Å². The second-order valence-electron chi connectivity index (χ2n) is 6.07. The van der Waals surface area contributed by atoms with Crippen LogP contribution in [0.15, 0.2) is 5.16 Å². The molecule has 5 nitrogen and oxygen atoms in total. The molecule has 0 radical (unpaired) electrons. The first-order valence-corrected chi connectivity index (χ1v) is 6.47. The lowest BCUT2D eigenvalue weighted by atomic mass is 9.86. The average molecular weight is 259 g/mol. The van der Waals surface area contributed by atoms with Gasteiger partial charge in [0.05, 0.1) is 6.61 Å². The van der Waals surface area contributed by atoms with Crippen LogP contribution in [0.5, 0.6) is 0 Å². The van der Waals surface area contributed by atoms with E-state index in [0.717, 1.165) is 25.8 Å². The molecule has 0 aromatic rings. The van der Waals surface area contributed by atoms with E-state index >= 15 is 0 Å². The first kappa shape index (κ1) is 17.2. The molecule has 0 spiro atoms. The lowest BCUT2D eigenvalue weighted by molar-refractivity contribution is 0.128. The van der Waals surface area contributed by atoms with Crippen molar-refractivity contribution in [1.29, 1.82) is 0 Å². The SMILES string of the molecule is COCC(C)(C)NCCCCC(C)(C)C(N)=NO. The largest absolute Gasteiger partial charge is 0.409 e. The number of nitrogens with zero attached hydrogens (tertiary/aromatic N) is 1. The number of rotatable bonds is 9. The van der Waals surface area contributed by atoms with Crippen LogP contribution < -0.4 is 11.1 Å². The molecule has 0 aromatic carbocycles. The fourth-order valence-electron chi connectivity index (χ4n) is 1.79. The van der Waals surface area contributed by atoms with Gasteiger partial charge >= 0.3 is 0 Å². The molecule has 0 aromatic heterocycles. The lowest BCUT2D eigenvalue weighted by Crippen LogP contribution is -2.43. The Morgan fingerprint density at radius 2 is 1.89 bits per heavy atom. The predicted molar refractivity (Wildman–Crippen MR) is 75.0 cm³/mol. The number of ether oxygens (including phenoxy) is 1. The van der Waals surface area contributed by atoms with E-state index in [2.05, 4.69) is 24.3 Å². The highest BCUT2D eigenvalue weighted by molar-refractivity contribution is 5.85. The number of hydrogen-bond donors (Lipinski definition) is 3. The smallest absolute Gasteiger partial charge is 0.144 e. The maximum atomic E-state index is 8.68. The topological polar surface area (TPSA) is 79.9 Å². The first-order chi connectivity index (χ1) is 8.25. The van der Waals surface area contributed by atoms with Gasteiger partial charge in [-0.15, -0.1) is 0 Å². The molecule has 0 saturated carbocycles. The Kier molecular flexibility index (Phi) is 7.25. The Labute approximate surface area is 111 Å². The van der Waals surface area contributed by atoms with Gasteiger partial charge in [-0.05, 0) is 33.2 Å². The third-order valence-corrected chi connectivity index (χ3v) is 3.14. The summed E-state index contributed by atoms with van der Waals surface area (Å²) in [5.74, 6) is 0.301. The van der Waals surface area contributed by atoms with Crippen LogP contribution in [0.25, 0.3) is 0 Å². The number of amidine groups is 1. The van der Waals surface area contributed by atoms with Gasteiger partial charge in [-0.25, -0.2) is 0 Å². The van der Waals surface area contributed by atoms with E-state index < -0.39 is 0 Å². The van der Waals surface area contributed by atoms with Crippen molar-refractivity contribution in [2.45, 2.75) is 52.5 Å². The first-order valence-electron chi connectivity index (χ1n) is 6.47. The minimum Gasteiger partial charge on any atom is -0.409 e. The summed E-state index contributed by atoms with van der Waals surface area (Å²) in [6, 6.07) is 0. The third-order valence-electron chi connectivity index (χ3n) is 3.14. The van der Waals surface area contributed by atoms with Crippen molar-refractivity contribution in [3.63, 3.8) is 0 Å². The van der Waals surface area contributed by atoms with Gasteiger partial charge < -0.3 is 21.0 Å². The molecule has 0 rings (SSSR count). The van der Waals surface area contributed by atoms with Gasteiger partial charge in [-0.2, -0.15) is 0 Å². The van der Waals surface area contributed by atoms with Gasteiger partial charge in [0.2, 0.25) is 0 Å². The molecule has 0 fully saturated rings. The van der Waals surface area contributed by atoms with E-state index in [9.17, 15) is 0 Å². The minimum atomic E-state index is -0.239. The highest BCUT2D eigenvalue weighted by Crippen LogP contribution is 2.23. The second-order valence-corrected chi connectivity index (χ2v) is 6.07. The van der Waals surface area contributed by atoms with Crippen molar-refractivity contribution in [3.8, 4) is 0 Å². The van der Waals surface area contributed by atoms with Crippen molar-refractivity contribution in [2.24, 2.45) is 16.3 Å². The predicted octanol–water partition coefficient (Wildman–Crippen LogP) is 1.94. The number of oxime groups is 1. The molecule has 0 unspecified atom stereocenters. The minimum absolute atomic E-state index is 0.00977. The molecule has 5 heteroatoms. The van der Waals surface area contributed by atoms with Crippen molar-refractivity contribution >= 4 is 5.84 Å².